The van der Waals surface area contributed by atoms with Crippen LogP contribution in [-0.4, -0.2) is 22.1 Å². The van der Waals surface area contributed by atoms with Crippen molar-refractivity contribution in [3.63, 3.8) is 0 Å². The van der Waals surface area contributed by atoms with E-state index in [1.165, 1.54) is 0 Å². The zero-order chi connectivity index (χ0) is 18.2. The third-order valence-electron chi connectivity index (χ3n) is 2.83. The molecule has 24 heavy (non-hydrogen) atoms. The lowest BCUT2D eigenvalue weighted by molar-refractivity contribution is -0.137. The Morgan fingerprint density at radius 3 is 2.21 bits per heavy atom. The molecule has 0 spiro atoms. The Morgan fingerprint density at radius 1 is 1.21 bits per heavy atom. The van der Waals surface area contributed by atoms with Gasteiger partial charge in [-0.05, 0) is 30.7 Å². The van der Waals surface area contributed by atoms with E-state index in [2.05, 4.69) is 4.98 Å². The lowest BCUT2D eigenvalue weighted by atomic mass is 10.2. The molecule has 0 N–H and O–H groups in total. The van der Waals surface area contributed by atoms with Gasteiger partial charge in [0.05, 0.1) is 27.9 Å². The lowest BCUT2D eigenvalue weighted by Crippen LogP contribution is -2.13. The van der Waals surface area contributed by atoms with Crippen LogP contribution in [0.4, 0.5) is 13.2 Å². The molecule has 130 valence electrons. The summed E-state index contributed by atoms with van der Waals surface area (Å²) in [6.45, 7) is 1.60. The first-order valence-corrected chi connectivity index (χ1v) is 7.76. The van der Waals surface area contributed by atoms with Crippen LogP contribution in [0.3, 0.4) is 0 Å². The summed E-state index contributed by atoms with van der Waals surface area (Å²) in [4.78, 5) is 15.7. The zero-order valence-electron chi connectivity index (χ0n) is 11.7. The highest BCUT2D eigenvalue weighted by Gasteiger charge is 2.33. The average molecular weight is 422 g/mol. The van der Waals surface area contributed by atoms with E-state index in [4.69, 9.17) is 51.1 Å². The summed E-state index contributed by atoms with van der Waals surface area (Å²) in [6.07, 6.45) is -4.65. The predicted octanol–water partition coefficient (Wildman–Crippen LogP) is 5.68. The molecule has 0 saturated heterocycles. The minimum absolute atomic E-state index is 0.0342. The number of benzene rings is 1. The number of aromatic nitrogens is 2. The van der Waals surface area contributed by atoms with Crippen molar-refractivity contribution in [3.05, 3.63) is 43.9 Å². The minimum Gasteiger partial charge on any atom is -0.461 e. The smallest absolute Gasteiger partial charge is 0.416 e. The van der Waals surface area contributed by atoms with Crippen LogP contribution in [0.15, 0.2) is 12.1 Å². The van der Waals surface area contributed by atoms with Gasteiger partial charge in [0, 0.05) is 0 Å². The zero-order valence-corrected chi connectivity index (χ0v) is 14.7. The fourth-order valence-corrected chi connectivity index (χ4v) is 3.08. The Labute approximate surface area is 154 Å². The summed E-state index contributed by atoms with van der Waals surface area (Å²) in [6, 6.07) is 1.31. The second-order valence-corrected chi connectivity index (χ2v) is 5.87. The SMILES string of the molecule is CCOC(=O)c1c(Cl)nc(Cl)n1-c1c(Cl)cc(C(F)(F)F)cc1Cl. The largest absolute Gasteiger partial charge is 0.461 e. The molecule has 0 amide bonds. The molecule has 0 fully saturated rings. The van der Waals surface area contributed by atoms with E-state index < -0.39 is 27.8 Å². The highest BCUT2D eigenvalue weighted by atomic mass is 35.5. The first kappa shape index (κ1) is 19.2. The van der Waals surface area contributed by atoms with Crippen LogP contribution in [-0.2, 0) is 10.9 Å². The van der Waals surface area contributed by atoms with E-state index >= 15 is 0 Å². The fourth-order valence-electron chi connectivity index (χ4n) is 1.89. The lowest BCUT2D eigenvalue weighted by Gasteiger charge is -2.15. The maximum absolute atomic E-state index is 12.8. The van der Waals surface area contributed by atoms with Crippen LogP contribution >= 0.6 is 46.4 Å². The molecule has 0 atom stereocenters. The van der Waals surface area contributed by atoms with E-state index in [1.54, 1.807) is 6.92 Å². The second-order valence-electron chi connectivity index (χ2n) is 4.36. The van der Waals surface area contributed by atoms with Gasteiger partial charge >= 0.3 is 12.1 Å². The number of nitrogens with zero attached hydrogens (tertiary/aromatic N) is 2. The van der Waals surface area contributed by atoms with Crippen molar-refractivity contribution in [2.75, 3.05) is 6.61 Å². The third kappa shape index (κ3) is 3.59. The molecule has 2 rings (SSSR count). The highest BCUT2D eigenvalue weighted by molar-refractivity contribution is 6.39. The Hall–Kier alpha value is -1.15. The number of carbonyl (C=O) groups is 1. The first-order chi connectivity index (χ1) is 11.1. The predicted molar refractivity (Wildman–Crippen MR) is 84.6 cm³/mol. The molecular weight excluding hydrogens is 415 g/mol. The molecule has 0 bridgehead atoms. The van der Waals surface area contributed by atoms with Gasteiger partial charge in [0.15, 0.2) is 10.8 Å². The number of halogens is 7. The van der Waals surface area contributed by atoms with Gasteiger partial charge in [-0.1, -0.05) is 34.8 Å². The van der Waals surface area contributed by atoms with Gasteiger partial charge < -0.3 is 4.74 Å². The van der Waals surface area contributed by atoms with E-state index in [0.29, 0.717) is 12.1 Å². The Balaban J connectivity index is 2.72. The van der Waals surface area contributed by atoms with Crippen LogP contribution in [0.2, 0.25) is 20.5 Å². The van der Waals surface area contributed by atoms with Crippen molar-refractivity contribution in [3.8, 4) is 5.69 Å². The standard InChI is InChI=1S/C13H7Cl4F3N2O2/c1-2-24-11(23)9-10(16)21-12(17)22(9)8-6(14)3-5(4-7(8)15)13(18,19)20/h3-4H,2H2,1H3. The van der Waals surface area contributed by atoms with Crippen molar-refractivity contribution in [1.82, 2.24) is 9.55 Å². The normalized spacial score (nSPS) is 11.7. The average Bonchev–Trinajstić information content (AvgIpc) is 2.72. The van der Waals surface area contributed by atoms with Crippen molar-refractivity contribution in [2.24, 2.45) is 0 Å². The van der Waals surface area contributed by atoms with Crippen molar-refractivity contribution < 1.29 is 22.7 Å². The molecule has 11 heteroatoms. The van der Waals surface area contributed by atoms with Crippen LogP contribution in [0.5, 0.6) is 0 Å². The summed E-state index contributed by atoms with van der Waals surface area (Å²) >= 11 is 23.6. The van der Waals surface area contributed by atoms with E-state index in [0.717, 1.165) is 4.57 Å². The number of rotatable bonds is 3. The molecule has 0 radical (unpaired) electrons. The molecular formula is C13H7Cl4F3N2O2. The van der Waals surface area contributed by atoms with Gasteiger partial charge in [0.25, 0.3) is 0 Å². The van der Waals surface area contributed by atoms with E-state index in [-0.39, 0.29) is 28.4 Å². The first-order valence-electron chi connectivity index (χ1n) is 6.25. The summed E-state index contributed by atoms with van der Waals surface area (Å²) in [5, 5.41) is -1.40. The molecule has 1 aromatic carbocycles. The molecule has 0 aliphatic carbocycles. The summed E-state index contributed by atoms with van der Waals surface area (Å²) in [5.74, 6) is -0.881. The number of ether oxygens (including phenoxy) is 1. The third-order valence-corrected chi connectivity index (χ3v) is 3.92. The number of carbonyl (C=O) groups excluding carboxylic acids is 1. The van der Waals surface area contributed by atoms with Gasteiger partial charge in [0.1, 0.15) is 0 Å². The topological polar surface area (TPSA) is 44.1 Å². The Kier molecular flexibility index (Phi) is 5.59. The molecule has 1 heterocycles. The van der Waals surface area contributed by atoms with Gasteiger partial charge in [0.2, 0.25) is 5.28 Å². The summed E-state index contributed by atoms with van der Waals surface area (Å²) in [5.41, 5.74) is -1.52. The summed E-state index contributed by atoms with van der Waals surface area (Å²) < 4.78 is 44.2. The monoisotopic (exact) mass is 420 g/mol. The number of esters is 1. The summed E-state index contributed by atoms with van der Waals surface area (Å²) in [7, 11) is 0. The van der Waals surface area contributed by atoms with Crippen LogP contribution < -0.4 is 0 Å². The van der Waals surface area contributed by atoms with Crippen molar-refractivity contribution in [1.29, 1.82) is 0 Å². The van der Waals surface area contributed by atoms with E-state index in [1.807, 2.05) is 0 Å². The molecule has 2 aromatic rings. The maximum atomic E-state index is 12.8. The van der Waals surface area contributed by atoms with Crippen LogP contribution in [0.1, 0.15) is 23.0 Å². The number of hydrogen-bond acceptors (Lipinski definition) is 3. The molecule has 4 nitrogen and oxygen atoms in total. The molecule has 0 aliphatic heterocycles. The van der Waals surface area contributed by atoms with Crippen molar-refractivity contribution in [2.45, 2.75) is 13.1 Å². The fraction of sp³-hybridized carbons (Fsp3) is 0.231. The number of imidazole rings is 1. The second kappa shape index (κ2) is 7.00. The van der Waals surface area contributed by atoms with Gasteiger partial charge in [-0.15, -0.1) is 0 Å². The van der Waals surface area contributed by atoms with Crippen molar-refractivity contribution >= 4 is 52.4 Å². The molecule has 1 aromatic heterocycles. The van der Waals surface area contributed by atoms with E-state index in [9.17, 15) is 18.0 Å². The van der Waals surface area contributed by atoms with Gasteiger partial charge in [-0.3, -0.25) is 4.57 Å². The van der Waals surface area contributed by atoms with Crippen LogP contribution in [0.25, 0.3) is 5.69 Å². The number of hydrogen-bond donors (Lipinski definition) is 0. The van der Waals surface area contributed by atoms with Crippen LogP contribution in [0, 0.1) is 0 Å². The number of alkyl halides is 3. The Bertz CT molecular complexity index is 782. The van der Waals surface area contributed by atoms with Gasteiger partial charge in [-0.2, -0.15) is 13.2 Å². The molecule has 0 unspecified atom stereocenters. The Morgan fingerprint density at radius 2 is 1.75 bits per heavy atom. The molecule has 0 saturated carbocycles. The van der Waals surface area contributed by atoms with Gasteiger partial charge in [-0.25, -0.2) is 9.78 Å². The highest BCUT2D eigenvalue weighted by Crippen LogP contribution is 2.39. The minimum atomic E-state index is -4.65. The maximum Gasteiger partial charge on any atom is 0.416 e. The quantitative estimate of drug-likeness (QED) is 0.598. The molecule has 0 aliphatic rings.